The molecule has 0 aromatic rings. The number of rotatable bonds is 6. The molecular formula is C13H20F2N4O7S. The zero-order chi connectivity index (χ0) is 19.8. The number of hydroxylamine groups is 3. The molecule has 3 aliphatic heterocycles. The summed E-state index contributed by atoms with van der Waals surface area (Å²) in [6, 6.07) is -4.76. The van der Waals surface area contributed by atoms with Gasteiger partial charge in [0, 0.05) is 13.0 Å². The van der Waals surface area contributed by atoms with E-state index in [9.17, 15) is 26.8 Å². The summed E-state index contributed by atoms with van der Waals surface area (Å²) in [7, 11) is -5.18. The maximum absolute atomic E-state index is 14.3. The van der Waals surface area contributed by atoms with Crippen LogP contribution in [0.5, 0.6) is 0 Å². The lowest BCUT2D eigenvalue weighted by molar-refractivity contribution is -0.159. The van der Waals surface area contributed by atoms with E-state index in [0.717, 1.165) is 24.3 Å². The molecule has 0 aliphatic carbocycles. The summed E-state index contributed by atoms with van der Waals surface area (Å²) in [5.74, 6) is -4.38. The molecule has 3 amide bonds. The smallest absolute Gasteiger partial charge is 0.316 e. The van der Waals surface area contributed by atoms with Crippen LogP contribution in [-0.2, 0) is 24.3 Å². The van der Waals surface area contributed by atoms with E-state index in [4.69, 9.17) is 9.39 Å². The minimum atomic E-state index is -5.18. The topological polar surface area (TPSA) is 138 Å². The lowest BCUT2D eigenvalue weighted by atomic mass is 9.96. The SMILES string of the molecule is O=C(NOCC1CCCNC1)C1CC(F)(F)C2CN1C(=O)N2OS(=O)(=O)O. The molecule has 0 aromatic heterocycles. The van der Waals surface area contributed by atoms with Gasteiger partial charge in [0.2, 0.25) is 0 Å². The highest BCUT2D eigenvalue weighted by molar-refractivity contribution is 7.80. The second-order valence-corrected chi connectivity index (χ2v) is 7.75. The number of halogens is 2. The van der Waals surface area contributed by atoms with Gasteiger partial charge in [0.15, 0.2) is 0 Å². The first kappa shape index (κ1) is 20.1. The van der Waals surface area contributed by atoms with Gasteiger partial charge in [-0.1, -0.05) is 0 Å². The van der Waals surface area contributed by atoms with Gasteiger partial charge in [-0.2, -0.15) is 13.5 Å². The van der Waals surface area contributed by atoms with Crippen molar-refractivity contribution in [1.29, 1.82) is 0 Å². The molecule has 3 heterocycles. The molecule has 14 heteroatoms. The molecule has 154 valence electrons. The first-order valence-corrected chi connectivity index (χ1v) is 9.72. The molecular weight excluding hydrogens is 394 g/mol. The predicted octanol–water partition coefficient (Wildman–Crippen LogP) is -0.718. The molecule has 0 spiro atoms. The first-order chi connectivity index (χ1) is 12.6. The molecule has 3 unspecified atom stereocenters. The van der Waals surface area contributed by atoms with Gasteiger partial charge in [-0.3, -0.25) is 14.2 Å². The van der Waals surface area contributed by atoms with Gasteiger partial charge in [0.05, 0.1) is 13.2 Å². The highest BCUT2D eigenvalue weighted by Gasteiger charge is 2.62. The maximum Gasteiger partial charge on any atom is 0.418 e. The van der Waals surface area contributed by atoms with Crippen LogP contribution < -0.4 is 10.8 Å². The van der Waals surface area contributed by atoms with Gasteiger partial charge in [0.1, 0.15) is 12.1 Å². The van der Waals surface area contributed by atoms with Crippen molar-refractivity contribution in [3.63, 3.8) is 0 Å². The summed E-state index contributed by atoms with van der Waals surface area (Å²) in [6.45, 7) is 1.17. The first-order valence-electron chi connectivity index (χ1n) is 8.35. The Kier molecular flexibility index (Phi) is 5.54. The van der Waals surface area contributed by atoms with Crippen molar-refractivity contribution in [2.24, 2.45) is 5.92 Å². The van der Waals surface area contributed by atoms with E-state index in [2.05, 4.69) is 15.1 Å². The van der Waals surface area contributed by atoms with Crippen molar-refractivity contribution in [2.75, 3.05) is 26.2 Å². The van der Waals surface area contributed by atoms with E-state index in [0.29, 0.717) is 6.54 Å². The van der Waals surface area contributed by atoms with Crippen LogP contribution in [0.4, 0.5) is 13.6 Å². The van der Waals surface area contributed by atoms with Crippen molar-refractivity contribution in [3.8, 4) is 0 Å². The van der Waals surface area contributed by atoms with Gasteiger partial charge < -0.3 is 10.2 Å². The molecule has 3 aliphatic rings. The third-order valence-electron chi connectivity index (χ3n) is 4.78. The van der Waals surface area contributed by atoms with Crippen molar-refractivity contribution in [2.45, 2.75) is 37.3 Å². The summed E-state index contributed by atoms with van der Waals surface area (Å²) < 4.78 is 62.9. The van der Waals surface area contributed by atoms with Gasteiger partial charge >= 0.3 is 16.4 Å². The highest BCUT2D eigenvalue weighted by Crippen LogP contribution is 2.41. The number of carbonyl (C=O) groups excluding carboxylic acids is 2. The number of hydrogen-bond donors (Lipinski definition) is 3. The Morgan fingerprint density at radius 3 is 2.81 bits per heavy atom. The monoisotopic (exact) mass is 414 g/mol. The Hall–Kier alpha value is -1.61. The summed E-state index contributed by atoms with van der Waals surface area (Å²) in [6.07, 6.45) is 0.831. The summed E-state index contributed by atoms with van der Waals surface area (Å²) in [5, 5.41) is 3.05. The second-order valence-electron chi connectivity index (χ2n) is 6.75. The number of carbonyl (C=O) groups is 2. The minimum Gasteiger partial charge on any atom is -0.316 e. The maximum atomic E-state index is 14.3. The molecule has 3 atom stereocenters. The number of hydrogen-bond acceptors (Lipinski definition) is 7. The van der Waals surface area contributed by atoms with Gasteiger partial charge in [-0.05, 0) is 25.3 Å². The fourth-order valence-corrected chi connectivity index (χ4v) is 3.82. The Morgan fingerprint density at radius 2 is 2.19 bits per heavy atom. The van der Waals surface area contributed by atoms with Gasteiger partial charge in [0.25, 0.3) is 11.8 Å². The van der Waals surface area contributed by atoms with E-state index in [1.807, 2.05) is 0 Å². The molecule has 3 rings (SSSR count). The zero-order valence-electron chi connectivity index (χ0n) is 14.1. The summed E-state index contributed by atoms with van der Waals surface area (Å²) in [5.41, 5.74) is 2.08. The molecule has 27 heavy (non-hydrogen) atoms. The standard InChI is InChI=1S/C13H20F2N4O7S/c14-13(15)4-9(11(20)17-25-7-8-2-1-3-16-5-8)18-6-10(13)19(12(18)21)26-27(22,23)24/h8-10,16H,1-7H2,(H,17,20)(H,22,23,24). The molecule has 0 saturated carbocycles. The highest BCUT2D eigenvalue weighted by atomic mass is 32.3. The van der Waals surface area contributed by atoms with Crippen LogP contribution >= 0.6 is 0 Å². The Bertz CT molecular complexity index is 701. The molecule has 3 N–H and O–H groups in total. The lowest BCUT2D eigenvalue weighted by Gasteiger charge is -2.34. The van der Waals surface area contributed by atoms with Crippen LogP contribution in [0.25, 0.3) is 0 Å². The normalized spacial score (nSPS) is 30.5. The van der Waals surface area contributed by atoms with Crippen molar-refractivity contribution in [3.05, 3.63) is 0 Å². The van der Waals surface area contributed by atoms with Crippen LogP contribution in [-0.4, -0.2) is 79.1 Å². The molecule has 0 radical (unpaired) electrons. The molecule has 2 bridgehead atoms. The fraction of sp³-hybridized carbons (Fsp3) is 0.846. The third-order valence-corrected chi connectivity index (χ3v) is 5.13. The minimum absolute atomic E-state index is 0.114. The van der Waals surface area contributed by atoms with E-state index in [1.165, 1.54) is 0 Å². The van der Waals surface area contributed by atoms with E-state index >= 15 is 0 Å². The van der Waals surface area contributed by atoms with Crippen molar-refractivity contribution in [1.82, 2.24) is 20.8 Å². The van der Waals surface area contributed by atoms with Crippen LogP contribution in [0.1, 0.15) is 19.3 Å². The Labute approximate surface area is 153 Å². The number of amides is 3. The Balaban J connectivity index is 1.62. The number of alkyl halides is 2. The third kappa shape index (κ3) is 4.45. The van der Waals surface area contributed by atoms with E-state index in [1.54, 1.807) is 0 Å². The molecule has 3 saturated heterocycles. The van der Waals surface area contributed by atoms with Gasteiger partial charge in [-0.15, -0.1) is 4.28 Å². The number of nitrogens with zero attached hydrogens (tertiary/aromatic N) is 2. The average molecular weight is 414 g/mol. The van der Waals surface area contributed by atoms with Crippen LogP contribution in [0.2, 0.25) is 0 Å². The molecule has 11 nitrogen and oxygen atoms in total. The lowest BCUT2D eigenvalue weighted by Crippen LogP contribution is -2.56. The molecule has 0 aromatic carbocycles. The number of fused-ring (bicyclic) bond motifs is 2. The van der Waals surface area contributed by atoms with Crippen LogP contribution in [0, 0.1) is 5.92 Å². The predicted molar refractivity (Wildman–Crippen MR) is 83.4 cm³/mol. The summed E-state index contributed by atoms with van der Waals surface area (Å²) in [4.78, 5) is 30.3. The van der Waals surface area contributed by atoms with Crippen LogP contribution in [0.15, 0.2) is 0 Å². The summed E-state index contributed by atoms with van der Waals surface area (Å²) >= 11 is 0. The largest absolute Gasteiger partial charge is 0.418 e. The van der Waals surface area contributed by atoms with Crippen molar-refractivity contribution < 1.29 is 40.5 Å². The fourth-order valence-electron chi connectivity index (χ4n) is 3.45. The van der Waals surface area contributed by atoms with E-state index < -0.39 is 53.3 Å². The van der Waals surface area contributed by atoms with Crippen molar-refractivity contribution >= 4 is 22.3 Å². The quantitative estimate of drug-likeness (QED) is 0.383. The van der Waals surface area contributed by atoms with E-state index in [-0.39, 0.29) is 17.6 Å². The number of nitrogens with one attached hydrogen (secondary N) is 2. The number of piperidine rings is 2. The Morgan fingerprint density at radius 1 is 1.44 bits per heavy atom. The number of urea groups is 1. The molecule has 3 fully saturated rings. The van der Waals surface area contributed by atoms with Gasteiger partial charge in [-0.25, -0.2) is 19.1 Å². The average Bonchev–Trinajstić information content (AvgIpc) is 2.86. The zero-order valence-corrected chi connectivity index (χ0v) is 15.0. The second kappa shape index (κ2) is 7.43. The van der Waals surface area contributed by atoms with Crippen LogP contribution in [0.3, 0.4) is 0 Å².